The van der Waals surface area contributed by atoms with Crippen molar-refractivity contribution in [2.45, 2.75) is 45.3 Å². The molecule has 1 unspecified atom stereocenters. The number of esters is 1. The summed E-state index contributed by atoms with van der Waals surface area (Å²) >= 11 is 0. The highest BCUT2D eigenvalue weighted by Gasteiger charge is 2.40. The van der Waals surface area contributed by atoms with Gasteiger partial charge in [-0.15, -0.1) is 24.8 Å². The predicted octanol–water partition coefficient (Wildman–Crippen LogP) is 4.13. The number of likely N-dealkylation sites (tertiary alicyclic amines) is 1. The quantitative estimate of drug-likeness (QED) is 0.211. The number of rotatable bonds is 9. The number of carbonyl (C=O) groups excluding carboxylic acids is 1. The van der Waals surface area contributed by atoms with Crippen LogP contribution < -0.4 is 14.8 Å². The van der Waals surface area contributed by atoms with E-state index >= 15 is 4.39 Å². The fourth-order valence-corrected chi connectivity index (χ4v) is 6.54. The molecule has 0 spiro atoms. The number of amidine groups is 2. The van der Waals surface area contributed by atoms with Crippen LogP contribution in [0.15, 0.2) is 42.5 Å². The number of halogens is 3. The normalized spacial score (nSPS) is 16.8. The van der Waals surface area contributed by atoms with Gasteiger partial charge >= 0.3 is 5.97 Å². The first-order valence-electron chi connectivity index (χ1n) is 13.1. The number of nitrogens with zero attached hydrogens (tertiary/aromatic N) is 2. The van der Waals surface area contributed by atoms with Crippen molar-refractivity contribution in [1.29, 1.82) is 10.8 Å². The zero-order valence-corrected chi connectivity index (χ0v) is 25.8. The fraction of sp³-hybridized carbons (Fsp3) is 0.393. The molecule has 0 amide bonds. The molecule has 1 fully saturated rings. The Hall–Kier alpha value is -3.35. The molecule has 2 heterocycles. The molecule has 10 nitrogen and oxygen atoms in total. The summed E-state index contributed by atoms with van der Waals surface area (Å²) in [5.74, 6) is -1.97. The van der Waals surface area contributed by atoms with Gasteiger partial charge in [-0.05, 0) is 37.6 Å². The van der Waals surface area contributed by atoms with Crippen LogP contribution in [0.4, 0.5) is 10.1 Å². The van der Waals surface area contributed by atoms with Gasteiger partial charge in [0.2, 0.25) is 10.0 Å². The lowest BCUT2D eigenvalue weighted by atomic mass is 10.1. The molecule has 4 rings (SSSR count). The standard InChI is InChI=1S/C28H34FN5O5S.2ClH/c1-3-38-26(35)17-40(36,37)34-21(8-7-19-5-4-6-20(15-19)28(31)32)16-23-24(34)9-10-25(27(23)29)39-22-11-13-33(14-12-22)18(2)30;;/h4-10,15,21-22,30H,3,11-14,16-17H2,1-2H3,(H3,31,32);2*1H/b8-7+,30-18?;;. The van der Waals surface area contributed by atoms with Crippen molar-refractivity contribution in [3.63, 3.8) is 0 Å². The minimum absolute atomic E-state index is 0. The SMILES string of the molecule is CCOC(=O)CS(=O)(=O)N1c2ccc(OC3CCN(C(C)=N)CC3)c(F)c2CC1/C=C/c1cccc(C(=N)N)c1.Cl.Cl. The highest BCUT2D eigenvalue weighted by molar-refractivity contribution is 7.93. The van der Waals surface area contributed by atoms with Crippen LogP contribution in [0.1, 0.15) is 43.4 Å². The molecule has 14 heteroatoms. The number of ether oxygens (including phenoxy) is 2. The average Bonchev–Trinajstić information content (AvgIpc) is 3.30. The van der Waals surface area contributed by atoms with Crippen LogP contribution in [0.2, 0.25) is 0 Å². The van der Waals surface area contributed by atoms with Crippen LogP contribution in [0, 0.1) is 16.6 Å². The number of piperidine rings is 1. The molecular formula is C28H36Cl2FN5O5S. The molecule has 0 bridgehead atoms. The molecule has 2 aliphatic heterocycles. The van der Waals surface area contributed by atoms with Gasteiger partial charge < -0.3 is 20.1 Å². The van der Waals surface area contributed by atoms with Crippen LogP contribution in [-0.2, 0) is 26.0 Å². The summed E-state index contributed by atoms with van der Waals surface area (Å²) in [5, 5.41) is 15.4. The maximum atomic E-state index is 15.8. The van der Waals surface area contributed by atoms with Crippen LogP contribution in [0.25, 0.3) is 6.08 Å². The second kappa shape index (κ2) is 14.7. The summed E-state index contributed by atoms with van der Waals surface area (Å²) in [7, 11) is -4.22. The van der Waals surface area contributed by atoms with Gasteiger partial charge in [0.15, 0.2) is 17.3 Å². The van der Waals surface area contributed by atoms with Crippen molar-refractivity contribution in [3.8, 4) is 5.75 Å². The van der Waals surface area contributed by atoms with E-state index in [0.29, 0.717) is 42.9 Å². The smallest absolute Gasteiger partial charge is 0.323 e. The van der Waals surface area contributed by atoms with E-state index in [-0.39, 0.29) is 66.8 Å². The van der Waals surface area contributed by atoms with Gasteiger partial charge in [0.25, 0.3) is 0 Å². The van der Waals surface area contributed by atoms with Crippen molar-refractivity contribution >= 4 is 64.2 Å². The Labute approximate surface area is 257 Å². The zero-order valence-electron chi connectivity index (χ0n) is 23.3. The summed E-state index contributed by atoms with van der Waals surface area (Å²) in [6.45, 7) is 4.64. The van der Waals surface area contributed by atoms with E-state index in [1.807, 2.05) is 4.90 Å². The molecule has 0 radical (unpaired) electrons. The van der Waals surface area contributed by atoms with Crippen LogP contribution >= 0.6 is 24.8 Å². The number of nitrogen functional groups attached to an aromatic ring is 1. The maximum absolute atomic E-state index is 15.8. The molecule has 1 atom stereocenters. The van der Waals surface area contributed by atoms with E-state index in [1.54, 1.807) is 50.3 Å². The third-order valence-electron chi connectivity index (χ3n) is 6.96. The van der Waals surface area contributed by atoms with Crippen molar-refractivity contribution < 1.29 is 27.1 Å². The number of sulfonamides is 1. The van der Waals surface area contributed by atoms with Crippen LogP contribution in [0.5, 0.6) is 5.75 Å². The van der Waals surface area contributed by atoms with Gasteiger partial charge in [-0.1, -0.05) is 30.4 Å². The van der Waals surface area contributed by atoms with E-state index in [2.05, 4.69) is 0 Å². The molecule has 42 heavy (non-hydrogen) atoms. The summed E-state index contributed by atoms with van der Waals surface area (Å²) in [6, 6.07) is 9.02. The van der Waals surface area contributed by atoms with Gasteiger partial charge in [0, 0.05) is 43.5 Å². The summed E-state index contributed by atoms with van der Waals surface area (Å²) in [5.41, 5.74) is 7.12. The lowest BCUT2D eigenvalue weighted by Gasteiger charge is -2.33. The summed E-state index contributed by atoms with van der Waals surface area (Å²) < 4.78 is 54.6. The van der Waals surface area contributed by atoms with E-state index in [4.69, 9.17) is 26.0 Å². The van der Waals surface area contributed by atoms with Crippen LogP contribution in [-0.4, -0.2) is 68.6 Å². The fourth-order valence-electron chi connectivity index (χ4n) is 5.00. The number of fused-ring (bicyclic) bond motifs is 1. The predicted molar refractivity (Wildman–Crippen MR) is 166 cm³/mol. The van der Waals surface area contributed by atoms with E-state index in [9.17, 15) is 13.2 Å². The van der Waals surface area contributed by atoms with Crippen LogP contribution in [0.3, 0.4) is 0 Å². The molecule has 230 valence electrons. The summed E-state index contributed by atoms with van der Waals surface area (Å²) in [6.07, 6.45) is 4.41. The Bertz CT molecular complexity index is 1450. The number of hydrogen-bond acceptors (Lipinski definition) is 7. The molecule has 0 saturated carbocycles. The second-order valence-electron chi connectivity index (χ2n) is 9.79. The molecule has 1 saturated heterocycles. The topological polar surface area (TPSA) is 150 Å². The van der Waals surface area contributed by atoms with Gasteiger partial charge in [-0.3, -0.25) is 19.9 Å². The highest BCUT2D eigenvalue weighted by Crippen LogP contribution is 2.41. The zero-order chi connectivity index (χ0) is 29.0. The van der Waals surface area contributed by atoms with Crippen molar-refractivity contribution in [2.75, 3.05) is 29.8 Å². The Morgan fingerprint density at radius 1 is 1.17 bits per heavy atom. The lowest BCUT2D eigenvalue weighted by molar-refractivity contribution is -0.139. The van der Waals surface area contributed by atoms with Crippen molar-refractivity contribution in [2.24, 2.45) is 5.73 Å². The Balaban J connectivity index is 0.00000308. The van der Waals surface area contributed by atoms with Gasteiger partial charge in [0.1, 0.15) is 11.9 Å². The third kappa shape index (κ3) is 7.93. The number of nitrogens with two attached hydrogens (primary N) is 1. The van der Waals surface area contributed by atoms with E-state index in [0.717, 1.165) is 4.31 Å². The van der Waals surface area contributed by atoms with Crippen molar-refractivity contribution in [3.05, 3.63) is 65.0 Å². The van der Waals surface area contributed by atoms with E-state index in [1.165, 1.54) is 12.1 Å². The number of carbonyl (C=O) groups is 1. The molecule has 0 aromatic heterocycles. The number of nitrogens with one attached hydrogen (secondary N) is 2. The van der Waals surface area contributed by atoms with Gasteiger partial charge in [-0.2, -0.15) is 0 Å². The average molecular weight is 645 g/mol. The highest BCUT2D eigenvalue weighted by atomic mass is 35.5. The molecule has 2 aliphatic rings. The molecule has 2 aromatic rings. The minimum atomic E-state index is -4.22. The second-order valence-corrected chi connectivity index (χ2v) is 11.6. The molecular weight excluding hydrogens is 608 g/mol. The van der Waals surface area contributed by atoms with E-state index < -0.39 is 33.6 Å². The Morgan fingerprint density at radius 3 is 2.48 bits per heavy atom. The molecule has 2 aromatic carbocycles. The number of benzene rings is 2. The Kier molecular flexibility index (Phi) is 12.2. The van der Waals surface area contributed by atoms with Gasteiger partial charge in [-0.25, -0.2) is 12.8 Å². The lowest BCUT2D eigenvalue weighted by Crippen LogP contribution is -2.40. The minimum Gasteiger partial charge on any atom is -0.487 e. The number of hydrogen-bond donors (Lipinski definition) is 3. The first-order valence-corrected chi connectivity index (χ1v) is 14.7. The molecule has 4 N–H and O–H groups in total. The van der Waals surface area contributed by atoms with Gasteiger partial charge in [0.05, 0.1) is 24.2 Å². The van der Waals surface area contributed by atoms with Crippen molar-refractivity contribution in [1.82, 2.24) is 4.90 Å². The summed E-state index contributed by atoms with van der Waals surface area (Å²) in [4.78, 5) is 14.1. The Morgan fingerprint density at radius 2 is 1.86 bits per heavy atom. The maximum Gasteiger partial charge on any atom is 0.323 e. The first kappa shape index (κ1) is 34.8. The largest absolute Gasteiger partial charge is 0.487 e. The third-order valence-corrected chi connectivity index (χ3v) is 8.63. The number of anilines is 1. The molecule has 0 aliphatic carbocycles. The monoisotopic (exact) mass is 643 g/mol. The first-order chi connectivity index (χ1) is 19.0.